The first kappa shape index (κ1) is 48.0. The highest BCUT2D eigenvalue weighted by Gasteiger charge is 2.31. The second-order valence-electron chi connectivity index (χ2n) is 20.3. The van der Waals surface area contributed by atoms with E-state index < -0.39 is 23.3 Å². The fourth-order valence-electron chi connectivity index (χ4n) is 8.59. The maximum absolute atomic E-state index is 14.1. The number of aromatic amines is 1. The fourth-order valence-corrected chi connectivity index (χ4v) is 8.59. The third-order valence-corrected chi connectivity index (χ3v) is 11.9. The van der Waals surface area contributed by atoms with Crippen LogP contribution >= 0.6 is 0 Å². The summed E-state index contributed by atoms with van der Waals surface area (Å²) in [6, 6.07) is 19.9. The van der Waals surface area contributed by atoms with Gasteiger partial charge in [0.25, 0.3) is 0 Å². The maximum atomic E-state index is 14.1. The molecule has 346 valence electrons. The molecule has 64 heavy (non-hydrogen) atoms. The minimum Gasteiger partial charge on any atom is -0.444 e. The number of piperidine rings is 1. The molecule has 0 bridgehead atoms. The average molecular weight is 878 g/mol. The summed E-state index contributed by atoms with van der Waals surface area (Å²) in [5.74, 6) is 0.970. The van der Waals surface area contributed by atoms with Crippen LogP contribution in [0.25, 0.3) is 22.2 Å². The monoisotopic (exact) mass is 878 g/mol. The molecule has 3 aromatic carbocycles. The Morgan fingerprint density at radius 1 is 0.812 bits per heavy atom. The average Bonchev–Trinajstić information content (AvgIpc) is 3.62. The van der Waals surface area contributed by atoms with E-state index in [0.717, 1.165) is 77.8 Å². The van der Waals surface area contributed by atoms with Crippen LogP contribution in [0.3, 0.4) is 0 Å². The number of aryl methyl sites for hydroxylation is 1. The Kier molecular flexibility index (Phi) is 15.8. The summed E-state index contributed by atoms with van der Waals surface area (Å²) in [4.78, 5) is 62.6. The number of H-pyrrole nitrogens is 1. The summed E-state index contributed by atoms with van der Waals surface area (Å²) in [6.07, 6.45) is 5.18. The number of carbonyl (C=O) groups is 4. The number of alkyl carbamates (subject to hydrolysis) is 1. The molecule has 5 N–H and O–H groups in total. The molecular formula is C51H71N7O6. The Hall–Kier alpha value is -5.43. The highest BCUT2D eigenvalue weighted by atomic mass is 16.6. The zero-order chi connectivity index (χ0) is 46.2. The molecule has 0 radical (unpaired) electrons. The normalized spacial score (nSPS) is 17.8. The van der Waals surface area contributed by atoms with Crippen molar-refractivity contribution in [2.45, 2.75) is 144 Å². The first-order chi connectivity index (χ1) is 30.3. The van der Waals surface area contributed by atoms with Gasteiger partial charge in [-0.25, -0.2) is 14.6 Å². The van der Waals surface area contributed by atoms with Crippen molar-refractivity contribution in [1.29, 1.82) is 0 Å². The van der Waals surface area contributed by atoms with Gasteiger partial charge in [0.2, 0.25) is 11.8 Å². The summed E-state index contributed by atoms with van der Waals surface area (Å²) in [7, 11) is 0. The molecule has 4 amide bonds. The van der Waals surface area contributed by atoms with E-state index in [1.807, 2.05) is 71.9 Å². The van der Waals surface area contributed by atoms with E-state index in [-0.39, 0.29) is 29.7 Å². The molecule has 1 aliphatic heterocycles. The zero-order valence-electron chi connectivity index (χ0n) is 39.5. The molecule has 13 heteroatoms. The standard InChI is InChI=1S/C51H71N7O6/c1-32(2)26-45-55-42-21-19-40(29-43(42)56-45)54-47(60)44(57-46(59)38-17-12-35(13-18-38)30-53-48(61)63-50(4,5)6)28-34-10-15-37(16-11-34)41-20-14-36(27-33(41)3)31-52-39-22-24-58(25-23-39)49(62)64-51(7,8)9/h10-11,14-16,19-21,27,29,32,35,38-39,44,52H,12-13,17-18,22-26,28,30-31H2,1-9H3,(H,53,61)(H,54,60)(H,55,56)(H,57,59)/t35?,38?,44-/m0/s1. The van der Waals surface area contributed by atoms with Crippen molar-refractivity contribution < 1.29 is 28.7 Å². The number of rotatable bonds is 14. The Morgan fingerprint density at radius 3 is 2.12 bits per heavy atom. The number of nitrogens with one attached hydrogen (secondary N) is 5. The number of fused-ring (bicyclic) bond motifs is 1. The Morgan fingerprint density at radius 2 is 1.48 bits per heavy atom. The predicted molar refractivity (Wildman–Crippen MR) is 253 cm³/mol. The van der Waals surface area contributed by atoms with Gasteiger partial charge in [0.15, 0.2) is 0 Å². The zero-order valence-corrected chi connectivity index (χ0v) is 39.5. The summed E-state index contributed by atoms with van der Waals surface area (Å²) in [6.45, 7) is 20.2. The number of amides is 4. The van der Waals surface area contributed by atoms with Crippen molar-refractivity contribution in [1.82, 2.24) is 30.8 Å². The van der Waals surface area contributed by atoms with Gasteiger partial charge in [-0.05, 0) is 145 Å². The highest BCUT2D eigenvalue weighted by Crippen LogP contribution is 2.30. The van der Waals surface area contributed by atoms with Gasteiger partial charge >= 0.3 is 12.2 Å². The number of ether oxygens (including phenoxy) is 2. The van der Waals surface area contributed by atoms with Crippen LogP contribution in [-0.4, -0.2) is 81.8 Å². The number of imidazole rings is 1. The van der Waals surface area contributed by atoms with Crippen LogP contribution in [-0.2, 0) is 38.4 Å². The third-order valence-electron chi connectivity index (χ3n) is 11.9. The van der Waals surface area contributed by atoms with E-state index in [2.05, 4.69) is 77.4 Å². The minimum absolute atomic E-state index is 0.130. The lowest BCUT2D eigenvalue weighted by Crippen LogP contribution is -2.48. The van der Waals surface area contributed by atoms with Crippen molar-refractivity contribution in [2.24, 2.45) is 17.8 Å². The molecule has 1 atom stereocenters. The molecule has 13 nitrogen and oxygen atoms in total. The van der Waals surface area contributed by atoms with Crippen LogP contribution in [0.1, 0.15) is 116 Å². The quantitative estimate of drug-likeness (QED) is 0.0836. The van der Waals surface area contributed by atoms with Gasteiger partial charge in [-0.3, -0.25) is 9.59 Å². The van der Waals surface area contributed by atoms with E-state index in [9.17, 15) is 19.2 Å². The van der Waals surface area contributed by atoms with Gasteiger partial charge in [-0.1, -0.05) is 56.3 Å². The lowest BCUT2D eigenvalue weighted by Gasteiger charge is -2.33. The number of hydrogen-bond donors (Lipinski definition) is 5. The summed E-state index contributed by atoms with van der Waals surface area (Å²) in [5, 5.41) is 12.8. The Balaban J connectivity index is 1.07. The van der Waals surface area contributed by atoms with Crippen LogP contribution in [0.4, 0.5) is 15.3 Å². The number of anilines is 1. The van der Waals surface area contributed by atoms with Gasteiger partial charge in [0.1, 0.15) is 23.1 Å². The van der Waals surface area contributed by atoms with E-state index in [1.54, 1.807) is 4.90 Å². The van der Waals surface area contributed by atoms with Crippen molar-refractivity contribution in [3.8, 4) is 11.1 Å². The number of aromatic nitrogens is 2. The lowest BCUT2D eigenvalue weighted by atomic mass is 9.81. The van der Waals surface area contributed by atoms with Crippen molar-refractivity contribution >= 4 is 40.7 Å². The molecule has 1 aromatic heterocycles. The summed E-state index contributed by atoms with van der Waals surface area (Å²) >= 11 is 0. The fraction of sp³-hybridized carbons (Fsp3) is 0.549. The second kappa shape index (κ2) is 21.0. The summed E-state index contributed by atoms with van der Waals surface area (Å²) in [5.41, 5.74) is 6.75. The topological polar surface area (TPSA) is 167 Å². The van der Waals surface area contributed by atoms with Crippen LogP contribution < -0.4 is 21.3 Å². The maximum Gasteiger partial charge on any atom is 0.410 e. The van der Waals surface area contributed by atoms with Crippen molar-refractivity contribution in [2.75, 3.05) is 25.0 Å². The van der Waals surface area contributed by atoms with Crippen molar-refractivity contribution in [3.63, 3.8) is 0 Å². The summed E-state index contributed by atoms with van der Waals surface area (Å²) < 4.78 is 10.9. The van der Waals surface area contributed by atoms with Crippen molar-refractivity contribution in [3.05, 3.63) is 83.2 Å². The molecule has 6 rings (SSSR count). The lowest BCUT2D eigenvalue weighted by molar-refractivity contribution is -0.130. The van der Waals surface area contributed by atoms with Crippen LogP contribution in [0.5, 0.6) is 0 Å². The van der Waals surface area contributed by atoms with Gasteiger partial charge in [0.05, 0.1) is 11.0 Å². The predicted octanol–water partition coefficient (Wildman–Crippen LogP) is 9.22. The third kappa shape index (κ3) is 14.3. The molecule has 2 aliphatic rings. The van der Waals surface area contributed by atoms with Gasteiger partial charge in [0, 0.05) is 56.7 Å². The molecular weight excluding hydrogens is 807 g/mol. The Bertz CT molecular complexity index is 2220. The first-order valence-corrected chi connectivity index (χ1v) is 23.2. The second-order valence-corrected chi connectivity index (χ2v) is 20.3. The van der Waals surface area contributed by atoms with Gasteiger partial charge < -0.3 is 40.6 Å². The largest absolute Gasteiger partial charge is 0.444 e. The minimum atomic E-state index is -0.808. The molecule has 0 unspecified atom stereocenters. The van der Waals surface area contributed by atoms with E-state index >= 15 is 0 Å². The molecule has 1 saturated carbocycles. The number of benzene rings is 3. The number of likely N-dealkylation sites (tertiary alicyclic amines) is 1. The molecule has 1 aliphatic carbocycles. The number of carbonyl (C=O) groups excluding carboxylic acids is 4. The van der Waals surface area contributed by atoms with E-state index in [0.29, 0.717) is 56.5 Å². The molecule has 1 saturated heterocycles. The number of hydrogen-bond acceptors (Lipinski definition) is 8. The first-order valence-electron chi connectivity index (χ1n) is 23.2. The van der Waals surface area contributed by atoms with Crippen LogP contribution in [0.15, 0.2) is 60.7 Å². The number of nitrogens with zero attached hydrogens (tertiary/aromatic N) is 2. The Labute approximate surface area is 379 Å². The molecule has 0 spiro atoms. The van der Waals surface area contributed by atoms with Gasteiger partial charge in [-0.2, -0.15) is 0 Å². The molecule has 2 heterocycles. The van der Waals surface area contributed by atoms with E-state index in [4.69, 9.17) is 14.5 Å². The van der Waals surface area contributed by atoms with Crippen LogP contribution in [0.2, 0.25) is 0 Å². The van der Waals surface area contributed by atoms with Gasteiger partial charge in [-0.15, -0.1) is 0 Å². The van der Waals surface area contributed by atoms with E-state index in [1.165, 1.54) is 5.56 Å². The smallest absolute Gasteiger partial charge is 0.410 e. The molecule has 4 aromatic rings. The SMILES string of the molecule is Cc1cc(CNC2CCN(C(=O)OC(C)(C)C)CC2)ccc1-c1ccc(C[C@H](NC(=O)C2CCC(CNC(=O)OC(C)(C)C)CC2)C(=O)Nc2ccc3nc(CC(C)C)[nH]c3c2)cc1. The highest BCUT2D eigenvalue weighted by molar-refractivity contribution is 5.99. The molecule has 2 fully saturated rings. The van der Waals surface area contributed by atoms with Crippen LogP contribution in [0, 0.1) is 24.7 Å².